The van der Waals surface area contributed by atoms with E-state index in [1.165, 1.54) is 36.4 Å². The second-order valence-corrected chi connectivity index (χ2v) is 3.65. The summed E-state index contributed by atoms with van der Waals surface area (Å²) in [6, 6.07) is 0.906. The van der Waals surface area contributed by atoms with E-state index in [1.807, 2.05) is 10.9 Å². The summed E-state index contributed by atoms with van der Waals surface area (Å²) in [7, 11) is 1.20. The van der Waals surface area contributed by atoms with Crippen molar-refractivity contribution < 1.29 is 22.4 Å². The molecule has 1 radical (unpaired) electrons. The summed E-state index contributed by atoms with van der Waals surface area (Å²) >= 11 is 0. The van der Waals surface area contributed by atoms with Crippen molar-refractivity contribution in [3.05, 3.63) is 30.1 Å². The Bertz CT molecular complexity index is 483. The van der Waals surface area contributed by atoms with Crippen LogP contribution in [0, 0.1) is 11.2 Å². The number of alkyl halides is 3. The van der Waals surface area contributed by atoms with E-state index in [-0.39, 0.29) is 5.56 Å². The third kappa shape index (κ3) is 4.59. The maximum absolute atomic E-state index is 12.2. The van der Waals surface area contributed by atoms with Crippen LogP contribution in [0.3, 0.4) is 0 Å². The summed E-state index contributed by atoms with van der Waals surface area (Å²) in [5.74, 6) is 1.10. The summed E-state index contributed by atoms with van der Waals surface area (Å²) in [6.07, 6.45) is -1.56. The smallest absolute Gasteiger partial charge is 0.287 e. The predicted molar refractivity (Wildman–Crippen MR) is 59.5 cm³/mol. The molecule has 0 aliphatic rings. The molecule has 19 heavy (non-hydrogen) atoms. The van der Waals surface area contributed by atoms with Crippen molar-refractivity contribution >= 4 is 13.3 Å². The SMILES string of the molecule is CC(NNC(=O)c1cc[n+]([B]C#N)cc1)C(F)(F)F. The van der Waals surface area contributed by atoms with Crippen LogP contribution in [0.5, 0.6) is 0 Å². The van der Waals surface area contributed by atoms with Gasteiger partial charge in [-0.2, -0.15) is 13.2 Å². The van der Waals surface area contributed by atoms with E-state index in [4.69, 9.17) is 5.26 Å². The molecule has 1 aromatic heterocycles. The average Bonchev–Trinajstić information content (AvgIpc) is 2.35. The summed E-state index contributed by atoms with van der Waals surface area (Å²) in [5.41, 5.74) is 4.00. The minimum absolute atomic E-state index is 0.171. The van der Waals surface area contributed by atoms with Crippen molar-refractivity contribution in [2.24, 2.45) is 0 Å². The Morgan fingerprint density at radius 2 is 2.05 bits per heavy atom. The van der Waals surface area contributed by atoms with Crippen molar-refractivity contribution in [3.63, 3.8) is 0 Å². The zero-order chi connectivity index (χ0) is 14.5. The fraction of sp³-hybridized carbons (Fsp3) is 0.300. The number of rotatable bonds is 4. The maximum atomic E-state index is 12.2. The highest BCUT2D eigenvalue weighted by Crippen LogP contribution is 2.18. The van der Waals surface area contributed by atoms with Crippen molar-refractivity contribution in [3.8, 4) is 5.97 Å². The van der Waals surface area contributed by atoms with E-state index in [0.29, 0.717) is 0 Å². The Morgan fingerprint density at radius 1 is 1.47 bits per heavy atom. The largest absolute Gasteiger partial charge is 0.671 e. The van der Waals surface area contributed by atoms with E-state index in [0.717, 1.165) is 6.92 Å². The molecule has 1 amide bonds. The summed E-state index contributed by atoms with van der Waals surface area (Å²) in [4.78, 5) is 11.5. The number of hydrogen-bond donors (Lipinski definition) is 2. The van der Waals surface area contributed by atoms with Crippen LogP contribution < -0.4 is 15.3 Å². The lowest BCUT2D eigenvalue weighted by Gasteiger charge is -2.17. The van der Waals surface area contributed by atoms with E-state index >= 15 is 0 Å². The van der Waals surface area contributed by atoms with Crippen LogP contribution in [0.2, 0.25) is 0 Å². The Balaban J connectivity index is 2.57. The van der Waals surface area contributed by atoms with Gasteiger partial charge in [0.1, 0.15) is 24.4 Å². The molecule has 0 saturated heterocycles. The molecule has 9 heteroatoms. The fourth-order valence-electron chi connectivity index (χ4n) is 1.07. The van der Waals surface area contributed by atoms with Crippen LogP contribution >= 0.6 is 0 Å². The van der Waals surface area contributed by atoms with Crippen LogP contribution in [0.1, 0.15) is 17.3 Å². The van der Waals surface area contributed by atoms with Gasteiger partial charge in [0.25, 0.3) is 5.91 Å². The number of hydrogen-bond acceptors (Lipinski definition) is 3. The molecule has 5 nitrogen and oxygen atoms in total. The highest BCUT2D eigenvalue weighted by Gasteiger charge is 2.36. The van der Waals surface area contributed by atoms with Gasteiger partial charge in [-0.25, -0.2) is 10.7 Å². The lowest BCUT2D eigenvalue weighted by molar-refractivity contribution is -0.527. The molecular weight excluding hydrogens is 260 g/mol. The molecular formula is C10H10BF3N4O+. The number of amides is 1. The number of nitrogens with one attached hydrogen (secondary N) is 2. The highest BCUT2D eigenvalue weighted by molar-refractivity contribution is 6.35. The summed E-state index contributed by atoms with van der Waals surface area (Å²) < 4.78 is 38.0. The van der Waals surface area contributed by atoms with Crippen molar-refractivity contribution in [1.82, 2.24) is 10.9 Å². The van der Waals surface area contributed by atoms with Gasteiger partial charge in [0.2, 0.25) is 0 Å². The minimum Gasteiger partial charge on any atom is -0.287 e. The van der Waals surface area contributed by atoms with Gasteiger partial charge in [-0.3, -0.25) is 14.7 Å². The molecule has 0 fully saturated rings. The van der Waals surface area contributed by atoms with E-state index in [1.54, 1.807) is 5.97 Å². The molecule has 1 unspecified atom stereocenters. The first-order chi connectivity index (χ1) is 8.84. The molecule has 1 heterocycles. The van der Waals surface area contributed by atoms with Gasteiger partial charge in [-0.1, -0.05) is 0 Å². The summed E-state index contributed by atoms with van der Waals surface area (Å²) in [5, 5.41) is 8.40. The normalized spacial score (nSPS) is 12.4. The molecule has 0 spiro atoms. The van der Waals surface area contributed by atoms with E-state index in [2.05, 4.69) is 0 Å². The number of halogens is 3. The first-order valence-electron chi connectivity index (χ1n) is 5.21. The summed E-state index contributed by atoms with van der Waals surface area (Å²) in [6.45, 7) is 0.890. The molecule has 0 saturated carbocycles. The monoisotopic (exact) mass is 270 g/mol. The number of carbonyl (C=O) groups is 1. The molecule has 2 N–H and O–H groups in total. The second kappa shape index (κ2) is 6.20. The first kappa shape index (κ1) is 15.0. The van der Waals surface area contributed by atoms with Crippen LogP contribution in [-0.4, -0.2) is 25.5 Å². The fourth-order valence-corrected chi connectivity index (χ4v) is 1.07. The third-order valence-corrected chi connectivity index (χ3v) is 2.21. The lowest BCUT2D eigenvalue weighted by Crippen LogP contribution is -2.49. The molecule has 1 atom stereocenters. The maximum Gasteiger partial charge on any atom is 0.671 e. The number of nitriles is 1. The first-order valence-corrected chi connectivity index (χ1v) is 5.21. The molecule has 0 aromatic carbocycles. The third-order valence-electron chi connectivity index (χ3n) is 2.21. The van der Waals surface area contributed by atoms with Gasteiger partial charge in [0, 0.05) is 12.1 Å². The zero-order valence-corrected chi connectivity index (χ0v) is 9.90. The van der Waals surface area contributed by atoms with Crippen molar-refractivity contribution in [2.45, 2.75) is 19.1 Å². The highest BCUT2D eigenvalue weighted by atomic mass is 19.4. The van der Waals surface area contributed by atoms with Gasteiger partial charge in [-0.05, 0) is 6.92 Å². The standard InChI is InChI=1S/C10H10BF3N4O/c1-7(10(12,13)14)16-17-9(19)8-2-4-18(5-3-8)11-6-15/h2-5,7,16H,1H3,(H,17,19)/q+1. The van der Waals surface area contributed by atoms with E-state index < -0.39 is 18.1 Å². The van der Waals surface area contributed by atoms with Gasteiger partial charge in [-0.15, -0.1) is 0 Å². The van der Waals surface area contributed by atoms with Crippen LogP contribution in [-0.2, 0) is 0 Å². The second-order valence-electron chi connectivity index (χ2n) is 3.65. The Labute approximate surface area is 108 Å². The molecule has 1 aromatic rings. The number of hydrazine groups is 1. The Hall–Kier alpha value is -2.08. The molecule has 0 aliphatic carbocycles. The van der Waals surface area contributed by atoms with Gasteiger partial charge in [0.05, 0.1) is 5.56 Å². The Morgan fingerprint density at radius 3 is 2.53 bits per heavy atom. The number of carbonyl (C=O) groups excluding carboxylic acids is 1. The van der Waals surface area contributed by atoms with Gasteiger partial charge < -0.3 is 0 Å². The van der Waals surface area contributed by atoms with Crippen LogP contribution in [0.15, 0.2) is 24.5 Å². The van der Waals surface area contributed by atoms with Crippen LogP contribution in [0.4, 0.5) is 13.2 Å². The molecule has 1 rings (SSSR count). The zero-order valence-electron chi connectivity index (χ0n) is 9.90. The number of aromatic nitrogens is 1. The average molecular weight is 270 g/mol. The van der Waals surface area contributed by atoms with Crippen LogP contribution in [0.25, 0.3) is 0 Å². The Kier molecular flexibility index (Phi) is 4.89. The lowest BCUT2D eigenvalue weighted by atomic mass is 9.98. The molecule has 0 bridgehead atoms. The number of pyridine rings is 1. The molecule has 99 valence electrons. The predicted octanol–water partition coefficient (Wildman–Crippen LogP) is 0.108. The van der Waals surface area contributed by atoms with Crippen molar-refractivity contribution in [2.75, 3.05) is 0 Å². The van der Waals surface area contributed by atoms with Gasteiger partial charge in [0.15, 0.2) is 0 Å². The van der Waals surface area contributed by atoms with E-state index in [9.17, 15) is 18.0 Å². The minimum atomic E-state index is -4.44. The molecule has 0 aliphatic heterocycles. The quantitative estimate of drug-likeness (QED) is 0.602. The number of nitrogens with zero attached hydrogens (tertiary/aromatic N) is 2. The topological polar surface area (TPSA) is 68.8 Å². The van der Waals surface area contributed by atoms with Crippen molar-refractivity contribution in [1.29, 1.82) is 5.26 Å². The van der Waals surface area contributed by atoms with Gasteiger partial charge >= 0.3 is 13.6 Å².